The highest BCUT2D eigenvalue weighted by Crippen LogP contribution is 2.36. The fraction of sp³-hybridized carbons (Fsp3) is 0.611. The molecule has 0 aliphatic carbocycles. The molecular formula is C18H26FN3O2. The van der Waals surface area contributed by atoms with E-state index in [4.69, 9.17) is 5.11 Å². The van der Waals surface area contributed by atoms with Gasteiger partial charge in [-0.05, 0) is 56.6 Å². The fourth-order valence-corrected chi connectivity index (χ4v) is 3.98. The van der Waals surface area contributed by atoms with Crippen molar-refractivity contribution in [1.29, 1.82) is 0 Å². The molecular weight excluding hydrogens is 309 g/mol. The lowest BCUT2D eigenvalue weighted by Crippen LogP contribution is -2.51. The largest absolute Gasteiger partial charge is 0.465 e. The van der Waals surface area contributed by atoms with E-state index in [9.17, 15) is 9.18 Å². The van der Waals surface area contributed by atoms with Gasteiger partial charge in [0.15, 0.2) is 0 Å². The minimum Gasteiger partial charge on any atom is -0.465 e. The first kappa shape index (κ1) is 17.2. The van der Waals surface area contributed by atoms with Gasteiger partial charge < -0.3 is 14.9 Å². The van der Waals surface area contributed by atoms with Gasteiger partial charge in [-0.15, -0.1) is 0 Å². The van der Waals surface area contributed by atoms with Crippen LogP contribution in [-0.2, 0) is 0 Å². The van der Waals surface area contributed by atoms with Gasteiger partial charge in [0.1, 0.15) is 5.82 Å². The highest BCUT2D eigenvalue weighted by Gasteiger charge is 2.33. The zero-order valence-corrected chi connectivity index (χ0v) is 14.2. The van der Waals surface area contributed by atoms with Crippen LogP contribution in [0.25, 0.3) is 0 Å². The maximum absolute atomic E-state index is 13.3. The first-order chi connectivity index (χ1) is 11.5. The molecule has 5 nitrogen and oxygen atoms in total. The van der Waals surface area contributed by atoms with Gasteiger partial charge in [-0.25, -0.2) is 9.18 Å². The molecule has 2 aliphatic heterocycles. The molecule has 1 aromatic rings. The van der Waals surface area contributed by atoms with Crippen LogP contribution in [0.2, 0.25) is 0 Å². The second kappa shape index (κ2) is 7.49. The lowest BCUT2D eigenvalue weighted by atomic mass is 9.84. The molecule has 0 radical (unpaired) electrons. The van der Waals surface area contributed by atoms with Gasteiger partial charge >= 0.3 is 6.09 Å². The number of piperazine rings is 1. The number of halogens is 1. The Morgan fingerprint density at radius 3 is 2.21 bits per heavy atom. The summed E-state index contributed by atoms with van der Waals surface area (Å²) in [7, 11) is 2.15. The van der Waals surface area contributed by atoms with Crippen LogP contribution in [0.4, 0.5) is 9.18 Å². The Kier molecular flexibility index (Phi) is 5.36. The molecule has 2 fully saturated rings. The molecule has 0 bridgehead atoms. The van der Waals surface area contributed by atoms with Crippen molar-refractivity contribution in [3.05, 3.63) is 35.6 Å². The normalized spacial score (nSPS) is 22.5. The van der Waals surface area contributed by atoms with Crippen molar-refractivity contribution in [1.82, 2.24) is 14.7 Å². The summed E-state index contributed by atoms with van der Waals surface area (Å²) in [5.74, 6) is 0.319. The van der Waals surface area contributed by atoms with E-state index in [-0.39, 0.29) is 11.9 Å². The Bertz CT molecular complexity index is 550. The summed E-state index contributed by atoms with van der Waals surface area (Å²) in [4.78, 5) is 17.4. The maximum Gasteiger partial charge on any atom is 0.407 e. The van der Waals surface area contributed by atoms with Crippen LogP contribution < -0.4 is 0 Å². The van der Waals surface area contributed by atoms with Crippen LogP contribution in [0.15, 0.2) is 24.3 Å². The summed E-state index contributed by atoms with van der Waals surface area (Å²) < 4.78 is 13.3. The average molecular weight is 335 g/mol. The lowest BCUT2D eigenvalue weighted by Gasteiger charge is -2.44. The summed E-state index contributed by atoms with van der Waals surface area (Å²) in [6.45, 7) is 4.72. The first-order valence-corrected chi connectivity index (χ1v) is 8.70. The zero-order chi connectivity index (χ0) is 17.1. The number of rotatable bonds is 3. The minimum atomic E-state index is -0.840. The molecule has 1 atom stereocenters. The number of hydrogen-bond donors (Lipinski definition) is 1. The first-order valence-electron chi connectivity index (χ1n) is 8.70. The smallest absolute Gasteiger partial charge is 0.407 e. The van der Waals surface area contributed by atoms with Crippen molar-refractivity contribution in [2.75, 3.05) is 46.3 Å². The fourth-order valence-electron chi connectivity index (χ4n) is 3.98. The lowest BCUT2D eigenvalue weighted by molar-refractivity contribution is 0.0483. The minimum absolute atomic E-state index is 0.212. The van der Waals surface area contributed by atoms with E-state index in [2.05, 4.69) is 16.8 Å². The third kappa shape index (κ3) is 3.87. The molecule has 0 saturated carbocycles. The summed E-state index contributed by atoms with van der Waals surface area (Å²) in [6, 6.07) is 7.09. The molecule has 1 amide bonds. The second-order valence-corrected chi connectivity index (χ2v) is 6.94. The SMILES string of the molecule is CN1CCC(C(c2ccc(F)cc2)N2CCN(C(=O)O)CC2)CC1. The molecule has 2 saturated heterocycles. The van der Waals surface area contributed by atoms with Crippen molar-refractivity contribution in [2.24, 2.45) is 5.92 Å². The number of piperidine rings is 1. The number of carboxylic acid groups (broad SMARTS) is 1. The number of nitrogens with zero attached hydrogens (tertiary/aromatic N) is 3. The van der Waals surface area contributed by atoms with Gasteiger partial charge in [0.05, 0.1) is 0 Å². The molecule has 6 heteroatoms. The highest BCUT2D eigenvalue weighted by molar-refractivity contribution is 5.65. The molecule has 3 rings (SSSR count). The molecule has 24 heavy (non-hydrogen) atoms. The zero-order valence-electron chi connectivity index (χ0n) is 14.2. The standard InChI is InChI=1S/C18H26FN3O2/c1-20-8-6-15(7-9-20)17(14-2-4-16(19)5-3-14)21-10-12-22(13-11-21)18(23)24/h2-5,15,17H,6-13H2,1H3,(H,23,24). The van der Waals surface area contributed by atoms with E-state index >= 15 is 0 Å². The van der Waals surface area contributed by atoms with Gasteiger partial charge in [-0.2, -0.15) is 0 Å². The molecule has 1 unspecified atom stereocenters. The third-order valence-corrected chi connectivity index (χ3v) is 5.40. The molecule has 2 heterocycles. The van der Waals surface area contributed by atoms with Gasteiger partial charge in [-0.1, -0.05) is 12.1 Å². The van der Waals surface area contributed by atoms with Crippen molar-refractivity contribution in [3.63, 3.8) is 0 Å². The van der Waals surface area contributed by atoms with Crippen LogP contribution in [0.5, 0.6) is 0 Å². The molecule has 2 aliphatic rings. The van der Waals surface area contributed by atoms with Gasteiger partial charge in [0.25, 0.3) is 0 Å². The summed E-state index contributed by atoms with van der Waals surface area (Å²) in [5, 5.41) is 9.15. The van der Waals surface area contributed by atoms with Crippen molar-refractivity contribution >= 4 is 6.09 Å². The van der Waals surface area contributed by atoms with Crippen LogP contribution in [0.1, 0.15) is 24.4 Å². The Labute approximate surface area is 142 Å². The predicted octanol–water partition coefficient (Wildman–Crippen LogP) is 2.50. The third-order valence-electron chi connectivity index (χ3n) is 5.40. The topological polar surface area (TPSA) is 47.0 Å². The van der Waals surface area contributed by atoms with E-state index in [0.717, 1.165) is 44.6 Å². The second-order valence-electron chi connectivity index (χ2n) is 6.94. The number of benzene rings is 1. The number of likely N-dealkylation sites (tertiary alicyclic amines) is 1. The average Bonchev–Trinajstić information content (AvgIpc) is 2.59. The number of amides is 1. The van der Waals surface area contributed by atoms with Crippen LogP contribution >= 0.6 is 0 Å². The Hall–Kier alpha value is -1.66. The van der Waals surface area contributed by atoms with Crippen molar-refractivity contribution in [3.8, 4) is 0 Å². The summed E-state index contributed by atoms with van der Waals surface area (Å²) in [5.41, 5.74) is 1.15. The van der Waals surface area contributed by atoms with E-state index < -0.39 is 6.09 Å². The van der Waals surface area contributed by atoms with E-state index in [1.165, 1.54) is 17.0 Å². The quantitative estimate of drug-likeness (QED) is 0.922. The Morgan fingerprint density at radius 1 is 1.08 bits per heavy atom. The number of hydrogen-bond acceptors (Lipinski definition) is 3. The van der Waals surface area contributed by atoms with Crippen LogP contribution in [-0.4, -0.2) is 72.2 Å². The highest BCUT2D eigenvalue weighted by atomic mass is 19.1. The molecule has 0 spiro atoms. The molecule has 1 N–H and O–H groups in total. The van der Waals surface area contributed by atoms with Crippen LogP contribution in [0.3, 0.4) is 0 Å². The monoisotopic (exact) mass is 335 g/mol. The Balaban J connectivity index is 1.77. The van der Waals surface area contributed by atoms with Gasteiger partial charge in [0, 0.05) is 32.2 Å². The van der Waals surface area contributed by atoms with E-state index in [1.54, 1.807) is 0 Å². The summed E-state index contributed by atoms with van der Waals surface area (Å²) in [6.07, 6.45) is 1.40. The predicted molar refractivity (Wildman–Crippen MR) is 90.5 cm³/mol. The van der Waals surface area contributed by atoms with Crippen molar-refractivity contribution < 1.29 is 14.3 Å². The van der Waals surface area contributed by atoms with E-state index in [0.29, 0.717) is 19.0 Å². The Morgan fingerprint density at radius 2 is 1.67 bits per heavy atom. The number of carbonyl (C=O) groups is 1. The van der Waals surface area contributed by atoms with Crippen molar-refractivity contribution in [2.45, 2.75) is 18.9 Å². The molecule has 1 aromatic carbocycles. The van der Waals surface area contributed by atoms with Crippen LogP contribution in [0, 0.1) is 11.7 Å². The molecule has 132 valence electrons. The van der Waals surface area contributed by atoms with Gasteiger partial charge in [0.2, 0.25) is 0 Å². The maximum atomic E-state index is 13.3. The molecule has 0 aromatic heterocycles. The summed E-state index contributed by atoms with van der Waals surface area (Å²) >= 11 is 0. The van der Waals surface area contributed by atoms with Gasteiger partial charge in [-0.3, -0.25) is 4.90 Å². The van der Waals surface area contributed by atoms with E-state index in [1.807, 2.05) is 12.1 Å².